The van der Waals surface area contributed by atoms with Crippen molar-refractivity contribution in [2.75, 3.05) is 12.4 Å². The van der Waals surface area contributed by atoms with Crippen LogP contribution in [0.15, 0.2) is 5.10 Å². The second-order valence-corrected chi connectivity index (χ2v) is 6.47. The Balaban J connectivity index is 2.33. The second kappa shape index (κ2) is 4.80. The van der Waals surface area contributed by atoms with Crippen LogP contribution >= 0.6 is 0 Å². The number of nitrogens with one attached hydrogen (secondary N) is 1. The quantitative estimate of drug-likeness (QED) is 0.648. The summed E-state index contributed by atoms with van der Waals surface area (Å²) in [4.78, 5) is 23.3. The van der Waals surface area contributed by atoms with Crippen molar-refractivity contribution in [3.8, 4) is 0 Å². The van der Waals surface area contributed by atoms with Crippen LogP contribution in [0.1, 0.15) is 13.8 Å². The van der Waals surface area contributed by atoms with E-state index in [0.29, 0.717) is 0 Å². The van der Waals surface area contributed by atoms with Crippen molar-refractivity contribution < 1.29 is 27.5 Å². The van der Waals surface area contributed by atoms with Crippen LogP contribution in [-0.4, -0.2) is 49.9 Å². The van der Waals surface area contributed by atoms with Gasteiger partial charge in [0.1, 0.15) is 0 Å². The molecule has 0 bridgehead atoms. The Morgan fingerprint density at radius 2 is 2.16 bits per heavy atom. The van der Waals surface area contributed by atoms with Crippen molar-refractivity contribution in [1.82, 2.24) is 5.43 Å². The van der Waals surface area contributed by atoms with Gasteiger partial charge in [-0.15, -0.1) is 0 Å². The van der Waals surface area contributed by atoms with E-state index in [2.05, 4.69) is 10.5 Å². The summed E-state index contributed by atoms with van der Waals surface area (Å²) in [7, 11) is -3.64. The fraction of sp³-hybridized carbons (Fsp3) is 0.700. The molecular formula is C10H14N2O6S. The monoisotopic (exact) mass is 290 g/mol. The smallest absolute Gasteiger partial charge is 0.355 e. The minimum Gasteiger partial charge on any atom is -0.461 e. The molecule has 0 aromatic rings. The molecule has 0 unspecified atom stereocenters. The number of carbonyl (C=O) groups excluding carboxylic acids is 2. The molecule has 3 atom stereocenters. The van der Waals surface area contributed by atoms with E-state index in [1.807, 2.05) is 0 Å². The molecule has 8 nitrogen and oxygen atoms in total. The summed E-state index contributed by atoms with van der Waals surface area (Å²) in [6, 6.07) is -0.939. The first-order valence-electron chi connectivity index (χ1n) is 5.84. The summed E-state index contributed by atoms with van der Waals surface area (Å²) in [5, 5.41) is 3.71. The molecule has 0 aromatic heterocycles. The number of rotatable bonds is 4. The Morgan fingerprint density at radius 3 is 2.74 bits per heavy atom. The lowest BCUT2D eigenvalue weighted by molar-refractivity contribution is -0.141. The third-order valence-electron chi connectivity index (χ3n) is 3.02. The van der Waals surface area contributed by atoms with Gasteiger partial charge in [0.15, 0.2) is 21.6 Å². The number of esters is 2. The standard InChI is InChI=1S/C10H14N2O6S/c1-3-17-8(13)6-5-7(12-11-6)9(14)18-10(5)19(15,16)4-2/h5,7,10,12H,3-4H2,1-2H3/t5-,7+,10+/m1/s1. The number of cyclic esters (lactones) is 1. The van der Waals surface area contributed by atoms with Gasteiger partial charge < -0.3 is 9.47 Å². The average Bonchev–Trinajstić information content (AvgIpc) is 2.91. The van der Waals surface area contributed by atoms with Crippen LogP contribution in [0.25, 0.3) is 0 Å². The van der Waals surface area contributed by atoms with E-state index < -0.39 is 39.2 Å². The van der Waals surface area contributed by atoms with E-state index in [-0.39, 0.29) is 18.1 Å². The first kappa shape index (κ1) is 13.8. The Labute approximate surface area is 110 Å². The summed E-state index contributed by atoms with van der Waals surface area (Å²) < 4.78 is 33.5. The van der Waals surface area contributed by atoms with Crippen LogP contribution in [-0.2, 0) is 28.9 Å². The first-order valence-corrected chi connectivity index (χ1v) is 7.56. The molecule has 106 valence electrons. The zero-order valence-corrected chi connectivity index (χ0v) is 11.3. The number of nitrogens with zero attached hydrogens (tertiary/aromatic N) is 1. The average molecular weight is 290 g/mol. The van der Waals surface area contributed by atoms with Gasteiger partial charge in [0.05, 0.1) is 18.3 Å². The molecule has 2 heterocycles. The van der Waals surface area contributed by atoms with Gasteiger partial charge in [0, 0.05) is 0 Å². The summed E-state index contributed by atoms with van der Waals surface area (Å²) >= 11 is 0. The molecule has 2 aliphatic heterocycles. The normalized spacial score (nSPS) is 29.3. The largest absolute Gasteiger partial charge is 0.461 e. The maximum absolute atomic E-state index is 11.9. The molecular weight excluding hydrogens is 276 g/mol. The Hall–Kier alpha value is -1.64. The lowest BCUT2D eigenvalue weighted by Crippen LogP contribution is -2.40. The summed E-state index contributed by atoms with van der Waals surface area (Å²) in [6.45, 7) is 3.20. The van der Waals surface area contributed by atoms with Crippen LogP contribution in [0.4, 0.5) is 0 Å². The molecule has 2 rings (SSSR count). The van der Waals surface area contributed by atoms with Crippen LogP contribution in [0, 0.1) is 5.92 Å². The maximum atomic E-state index is 11.9. The number of carbonyl (C=O) groups is 2. The van der Waals surface area contributed by atoms with Crippen LogP contribution < -0.4 is 5.43 Å². The molecule has 1 N–H and O–H groups in total. The van der Waals surface area contributed by atoms with Crippen LogP contribution in [0.2, 0.25) is 0 Å². The molecule has 19 heavy (non-hydrogen) atoms. The van der Waals surface area contributed by atoms with Gasteiger partial charge >= 0.3 is 11.9 Å². The van der Waals surface area contributed by atoms with Gasteiger partial charge in [-0.3, -0.25) is 5.43 Å². The number of hydrogen-bond acceptors (Lipinski definition) is 8. The molecule has 0 aromatic carbocycles. The fourth-order valence-electron chi connectivity index (χ4n) is 2.05. The maximum Gasteiger partial charge on any atom is 0.355 e. The highest BCUT2D eigenvalue weighted by atomic mass is 32.2. The number of hydrazone groups is 1. The lowest BCUT2D eigenvalue weighted by atomic mass is 9.99. The Morgan fingerprint density at radius 1 is 1.47 bits per heavy atom. The second-order valence-electron chi connectivity index (χ2n) is 4.11. The van der Waals surface area contributed by atoms with Gasteiger partial charge in [0.25, 0.3) is 0 Å². The van der Waals surface area contributed by atoms with E-state index in [1.54, 1.807) is 6.92 Å². The Kier molecular flexibility index (Phi) is 3.48. The van der Waals surface area contributed by atoms with Gasteiger partial charge in [-0.25, -0.2) is 18.0 Å². The topological polar surface area (TPSA) is 111 Å². The van der Waals surface area contributed by atoms with Crippen molar-refractivity contribution in [2.24, 2.45) is 11.0 Å². The third kappa shape index (κ3) is 2.18. The van der Waals surface area contributed by atoms with Crippen molar-refractivity contribution in [1.29, 1.82) is 0 Å². The highest BCUT2D eigenvalue weighted by molar-refractivity contribution is 7.91. The SMILES string of the molecule is CCOC(=O)C1=NN[C@@H]2C(=O)O[C@@H](S(=O)(=O)CC)[C@H]12. The number of fused-ring (bicyclic) bond motifs is 1. The summed E-state index contributed by atoms with van der Waals surface area (Å²) in [5.41, 5.74) is 0.939. The lowest BCUT2D eigenvalue weighted by Gasteiger charge is -2.15. The van der Waals surface area contributed by atoms with Crippen molar-refractivity contribution in [3.63, 3.8) is 0 Å². The van der Waals surface area contributed by atoms with Gasteiger partial charge in [-0.2, -0.15) is 5.10 Å². The van der Waals surface area contributed by atoms with E-state index in [4.69, 9.17) is 9.47 Å². The van der Waals surface area contributed by atoms with E-state index >= 15 is 0 Å². The predicted molar refractivity (Wildman–Crippen MR) is 63.8 cm³/mol. The number of hydrogen-bond donors (Lipinski definition) is 1. The summed E-state index contributed by atoms with van der Waals surface area (Å²) in [6.07, 6.45) is 0. The zero-order chi connectivity index (χ0) is 14.2. The first-order chi connectivity index (χ1) is 8.92. The van der Waals surface area contributed by atoms with E-state index in [9.17, 15) is 18.0 Å². The predicted octanol–water partition coefficient (Wildman–Crippen LogP) is -1.19. The molecule has 0 radical (unpaired) electrons. The fourth-order valence-corrected chi connectivity index (χ4v) is 3.35. The van der Waals surface area contributed by atoms with E-state index in [0.717, 1.165) is 0 Å². The zero-order valence-electron chi connectivity index (χ0n) is 10.5. The Bertz CT molecular complexity index is 540. The minimum absolute atomic E-state index is 0.111. The summed E-state index contributed by atoms with van der Waals surface area (Å²) in [5.74, 6) is -2.60. The van der Waals surface area contributed by atoms with Crippen molar-refractivity contribution >= 4 is 27.5 Å². The molecule has 9 heteroatoms. The number of sulfone groups is 1. The van der Waals surface area contributed by atoms with Crippen LogP contribution in [0.3, 0.4) is 0 Å². The third-order valence-corrected chi connectivity index (χ3v) is 4.92. The minimum atomic E-state index is -3.64. The van der Waals surface area contributed by atoms with E-state index in [1.165, 1.54) is 6.92 Å². The molecule has 0 amide bonds. The molecule has 1 fully saturated rings. The molecule has 0 saturated carbocycles. The van der Waals surface area contributed by atoms with Crippen molar-refractivity contribution in [2.45, 2.75) is 25.3 Å². The van der Waals surface area contributed by atoms with Crippen molar-refractivity contribution in [3.05, 3.63) is 0 Å². The molecule has 2 aliphatic rings. The molecule has 0 spiro atoms. The highest BCUT2D eigenvalue weighted by Crippen LogP contribution is 2.32. The van der Waals surface area contributed by atoms with Gasteiger partial charge in [-0.1, -0.05) is 6.92 Å². The number of ether oxygens (including phenoxy) is 2. The van der Waals surface area contributed by atoms with Gasteiger partial charge in [0.2, 0.25) is 5.44 Å². The van der Waals surface area contributed by atoms with Crippen LogP contribution in [0.5, 0.6) is 0 Å². The molecule has 1 saturated heterocycles. The highest BCUT2D eigenvalue weighted by Gasteiger charge is 2.57. The molecule has 0 aliphatic carbocycles. The van der Waals surface area contributed by atoms with Gasteiger partial charge in [-0.05, 0) is 6.92 Å².